The van der Waals surface area contributed by atoms with Gasteiger partial charge in [0.1, 0.15) is 23.2 Å². The van der Waals surface area contributed by atoms with Gasteiger partial charge in [0.15, 0.2) is 0 Å². The quantitative estimate of drug-likeness (QED) is 0.135. The first kappa shape index (κ1) is 21.2. The molecule has 1 heterocycles. The van der Waals surface area contributed by atoms with E-state index >= 15 is 0 Å². The summed E-state index contributed by atoms with van der Waals surface area (Å²) in [5.41, 5.74) is 0.667. The van der Waals surface area contributed by atoms with Crippen molar-refractivity contribution >= 4 is 23.5 Å². The second-order valence-corrected chi connectivity index (χ2v) is 6.31. The molecule has 0 atom stereocenters. The Bertz CT molecular complexity index is 1220. The number of hydrogen-bond donors (Lipinski definition) is 0. The number of carbonyl (C=O) groups excluding carboxylic acids is 2. The number of ether oxygens (including phenoxy) is 1. The van der Waals surface area contributed by atoms with E-state index < -0.39 is 16.7 Å². The second-order valence-electron chi connectivity index (χ2n) is 6.31. The summed E-state index contributed by atoms with van der Waals surface area (Å²) < 4.78 is 10.6. The van der Waals surface area contributed by atoms with Crippen LogP contribution in [0.25, 0.3) is 17.4 Å². The number of non-ortho nitro benzene ring substituents is 1. The lowest BCUT2D eigenvalue weighted by Crippen LogP contribution is -2.03. The zero-order valence-corrected chi connectivity index (χ0v) is 16.4. The van der Waals surface area contributed by atoms with Crippen LogP contribution in [0.2, 0.25) is 0 Å². The second kappa shape index (κ2) is 9.33. The Labute approximate surface area is 177 Å². The summed E-state index contributed by atoms with van der Waals surface area (Å²) in [6.07, 6.45) is 1.28. The third kappa shape index (κ3) is 4.92. The minimum Gasteiger partial charge on any atom is -0.462 e. The summed E-state index contributed by atoms with van der Waals surface area (Å²) >= 11 is 0. The topological polar surface area (TPSA) is 123 Å². The predicted molar refractivity (Wildman–Crippen MR) is 111 cm³/mol. The highest BCUT2D eigenvalue weighted by Gasteiger charge is 2.16. The fraction of sp³-hybridized carbons (Fsp3) is 0.0870. The Morgan fingerprint density at radius 3 is 2.52 bits per heavy atom. The number of carbonyl (C=O) groups is 2. The molecule has 0 N–H and O–H groups in total. The Morgan fingerprint density at radius 2 is 1.87 bits per heavy atom. The van der Waals surface area contributed by atoms with E-state index in [1.54, 1.807) is 43.3 Å². The first-order valence-electron chi connectivity index (χ1n) is 9.21. The van der Waals surface area contributed by atoms with Gasteiger partial charge in [-0.1, -0.05) is 24.3 Å². The molecule has 0 aliphatic heterocycles. The maximum Gasteiger partial charge on any atom is 0.338 e. The molecule has 0 unspecified atom stereocenters. The molecule has 8 nitrogen and oxygen atoms in total. The van der Waals surface area contributed by atoms with Gasteiger partial charge in [0.2, 0.25) is 5.78 Å². The fourth-order valence-corrected chi connectivity index (χ4v) is 2.78. The summed E-state index contributed by atoms with van der Waals surface area (Å²) in [6, 6.07) is 16.8. The zero-order valence-electron chi connectivity index (χ0n) is 16.4. The van der Waals surface area contributed by atoms with Crippen molar-refractivity contribution in [1.29, 1.82) is 5.26 Å². The molecule has 0 saturated heterocycles. The average Bonchev–Trinajstić information content (AvgIpc) is 3.26. The molecule has 0 bridgehead atoms. The van der Waals surface area contributed by atoms with Crippen LogP contribution in [-0.4, -0.2) is 23.3 Å². The number of esters is 1. The van der Waals surface area contributed by atoms with E-state index in [9.17, 15) is 25.0 Å². The molecule has 31 heavy (non-hydrogen) atoms. The van der Waals surface area contributed by atoms with Crippen LogP contribution in [0.3, 0.4) is 0 Å². The Kier molecular flexibility index (Phi) is 6.38. The van der Waals surface area contributed by atoms with Gasteiger partial charge in [-0.05, 0) is 31.2 Å². The van der Waals surface area contributed by atoms with Gasteiger partial charge in [-0.3, -0.25) is 14.9 Å². The molecule has 3 rings (SSSR count). The zero-order chi connectivity index (χ0) is 22.4. The molecule has 0 saturated carbocycles. The summed E-state index contributed by atoms with van der Waals surface area (Å²) in [6.45, 7) is 2.01. The first-order chi connectivity index (χ1) is 14.9. The van der Waals surface area contributed by atoms with E-state index in [1.807, 2.05) is 6.07 Å². The standard InChI is InChI=1S/C23H16N2O6/c1-2-30-23(27)16-8-6-15(7-9-16)21-11-10-20(31-21)13-18(14-24)22(26)17-4-3-5-19(12-17)25(28)29/h3-13H,2H2,1H3/b18-13+. The van der Waals surface area contributed by atoms with Crippen LogP contribution in [0.1, 0.15) is 33.4 Å². The van der Waals surface area contributed by atoms with Crippen molar-refractivity contribution in [3.8, 4) is 17.4 Å². The fourth-order valence-electron chi connectivity index (χ4n) is 2.78. The Morgan fingerprint density at radius 1 is 1.13 bits per heavy atom. The van der Waals surface area contributed by atoms with Crippen molar-refractivity contribution in [1.82, 2.24) is 0 Å². The normalized spacial score (nSPS) is 10.9. The highest BCUT2D eigenvalue weighted by Crippen LogP contribution is 2.25. The average molecular weight is 416 g/mol. The van der Waals surface area contributed by atoms with Gasteiger partial charge in [-0.2, -0.15) is 5.26 Å². The molecule has 1 aromatic heterocycles. The van der Waals surface area contributed by atoms with Crippen molar-refractivity contribution in [2.75, 3.05) is 6.61 Å². The lowest BCUT2D eigenvalue weighted by molar-refractivity contribution is -0.384. The van der Waals surface area contributed by atoms with Gasteiger partial charge in [0.05, 0.1) is 17.1 Å². The summed E-state index contributed by atoms with van der Waals surface area (Å²) in [4.78, 5) is 34.6. The SMILES string of the molecule is CCOC(=O)c1ccc(-c2ccc(/C=C(\C#N)C(=O)c3cccc([N+](=O)[O-])c3)o2)cc1. The van der Waals surface area contributed by atoms with E-state index in [2.05, 4.69) is 0 Å². The van der Waals surface area contributed by atoms with Crippen molar-refractivity contribution in [2.24, 2.45) is 0 Å². The van der Waals surface area contributed by atoms with Crippen LogP contribution >= 0.6 is 0 Å². The largest absolute Gasteiger partial charge is 0.462 e. The number of nitro benzene ring substituents is 1. The van der Waals surface area contributed by atoms with Gasteiger partial charge in [-0.25, -0.2) is 4.79 Å². The number of nitro groups is 1. The number of furan rings is 1. The van der Waals surface area contributed by atoms with Crippen molar-refractivity contribution in [3.05, 3.63) is 93.2 Å². The number of hydrogen-bond acceptors (Lipinski definition) is 7. The molecule has 0 aliphatic carbocycles. The third-order valence-electron chi connectivity index (χ3n) is 4.28. The molecular formula is C23H16N2O6. The van der Waals surface area contributed by atoms with E-state index in [0.29, 0.717) is 16.9 Å². The Hall–Kier alpha value is -4.51. The number of allylic oxidation sites excluding steroid dienone is 1. The van der Waals surface area contributed by atoms with Gasteiger partial charge in [0.25, 0.3) is 5.69 Å². The van der Waals surface area contributed by atoms with Crippen LogP contribution in [0.5, 0.6) is 0 Å². The molecule has 0 fully saturated rings. The van der Waals surface area contributed by atoms with Crippen LogP contribution in [0.4, 0.5) is 5.69 Å². The molecule has 154 valence electrons. The van der Waals surface area contributed by atoms with Gasteiger partial charge >= 0.3 is 5.97 Å². The maximum atomic E-state index is 12.6. The lowest BCUT2D eigenvalue weighted by Gasteiger charge is -2.02. The number of nitrogens with zero attached hydrogens (tertiary/aromatic N) is 2. The third-order valence-corrected chi connectivity index (χ3v) is 4.28. The maximum absolute atomic E-state index is 12.6. The molecule has 2 aromatic carbocycles. The van der Waals surface area contributed by atoms with Gasteiger partial charge in [0, 0.05) is 29.3 Å². The highest BCUT2D eigenvalue weighted by molar-refractivity contribution is 6.14. The van der Waals surface area contributed by atoms with E-state index in [0.717, 1.165) is 6.07 Å². The first-order valence-corrected chi connectivity index (χ1v) is 9.21. The number of Topliss-reactive ketones (excluding diaryl/α,β-unsaturated/α-hetero) is 1. The number of rotatable bonds is 7. The summed E-state index contributed by atoms with van der Waals surface area (Å²) in [5.74, 6) is -0.333. The number of benzene rings is 2. The highest BCUT2D eigenvalue weighted by atomic mass is 16.6. The van der Waals surface area contributed by atoms with Crippen LogP contribution in [0.15, 0.2) is 70.7 Å². The summed E-state index contributed by atoms with van der Waals surface area (Å²) in [5, 5.41) is 20.3. The predicted octanol–water partition coefficient (Wildman–Crippen LogP) is 4.82. The molecule has 8 heteroatoms. The monoisotopic (exact) mass is 416 g/mol. The smallest absolute Gasteiger partial charge is 0.338 e. The molecule has 0 aliphatic rings. The molecular weight excluding hydrogens is 400 g/mol. The van der Waals surface area contributed by atoms with Crippen LogP contribution in [-0.2, 0) is 4.74 Å². The van der Waals surface area contributed by atoms with Crippen LogP contribution < -0.4 is 0 Å². The van der Waals surface area contributed by atoms with Crippen molar-refractivity contribution in [2.45, 2.75) is 6.92 Å². The van der Waals surface area contributed by atoms with Gasteiger partial charge < -0.3 is 9.15 Å². The molecule has 0 radical (unpaired) electrons. The van der Waals surface area contributed by atoms with E-state index in [-0.39, 0.29) is 29.2 Å². The van der Waals surface area contributed by atoms with E-state index in [1.165, 1.54) is 24.3 Å². The summed E-state index contributed by atoms with van der Waals surface area (Å²) in [7, 11) is 0. The molecule has 3 aromatic rings. The van der Waals surface area contributed by atoms with Gasteiger partial charge in [-0.15, -0.1) is 0 Å². The van der Waals surface area contributed by atoms with E-state index in [4.69, 9.17) is 9.15 Å². The number of ketones is 1. The lowest BCUT2D eigenvalue weighted by atomic mass is 10.0. The van der Waals surface area contributed by atoms with Crippen molar-refractivity contribution in [3.63, 3.8) is 0 Å². The molecule has 0 amide bonds. The number of nitriles is 1. The van der Waals surface area contributed by atoms with Crippen molar-refractivity contribution < 1.29 is 23.7 Å². The minimum absolute atomic E-state index is 0.0309. The Balaban J connectivity index is 1.83. The minimum atomic E-state index is -0.650. The molecule has 0 spiro atoms. The van der Waals surface area contributed by atoms with Crippen LogP contribution in [0, 0.1) is 21.4 Å².